The van der Waals surface area contributed by atoms with Crippen molar-refractivity contribution in [3.63, 3.8) is 0 Å². The van der Waals surface area contributed by atoms with Crippen LogP contribution in [0, 0.1) is 6.92 Å². The normalized spacial score (nSPS) is 11.5. The van der Waals surface area contributed by atoms with Crippen LogP contribution in [0.4, 0.5) is 0 Å². The highest BCUT2D eigenvalue weighted by atomic mass is 32.2. The molecule has 1 aromatic heterocycles. The quantitative estimate of drug-likeness (QED) is 0.442. The average Bonchev–Trinajstić information content (AvgIpc) is 3.18. The number of aryl methyl sites for hydroxylation is 1. The SMILES string of the molecule is Cc1ccc(S(=O)(=O)NCCCCC(=O)c2nccn2-c2ccccc2)cc1. The van der Waals surface area contributed by atoms with E-state index < -0.39 is 10.0 Å². The molecule has 0 saturated carbocycles. The molecule has 0 fully saturated rings. The van der Waals surface area contributed by atoms with Gasteiger partial charge in [0.15, 0.2) is 11.6 Å². The lowest BCUT2D eigenvalue weighted by atomic mass is 10.1. The second-order valence-electron chi connectivity index (χ2n) is 6.55. The molecule has 0 unspecified atom stereocenters. The highest BCUT2D eigenvalue weighted by Gasteiger charge is 2.15. The average molecular weight is 398 g/mol. The Bertz CT molecular complexity index is 1030. The number of hydrogen-bond acceptors (Lipinski definition) is 4. The summed E-state index contributed by atoms with van der Waals surface area (Å²) in [5, 5.41) is 0. The molecule has 0 saturated heterocycles. The molecule has 146 valence electrons. The smallest absolute Gasteiger partial charge is 0.240 e. The van der Waals surface area contributed by atoms with Crippen LogP contribution >= 0.6 is 0 Å². The molecular weight excluding hydrogens is 374 g/mol. The first-order valence-electron chi connectivity index (χ1n) is 9.16. The number of carbonyl (C=O) groups is 1. The van der Waals surface area contributed by atoms with E-state index >= 15 is 0 Å². The van der Waals surface area contributed by atoms with Crippen molar-refractivity contribution in [1.82, 2.24) is 14.3 Å². The van der Waals surface area contributed by atoms with Gasteiger partial charge in [-0.2, -0.15) is 0 Å². The lowest BCUT2D eigenvalue weighted by Crippen LogP contribution is -2.24. The second kappa shape index (κ2) is 8.95. The van der Waals surface area contributed by atoms with E-state index in [-0.39, 0.29) is 17.2 Å². The number of Topliss-reactive ketones (excluding diaryl/α,β-unsaturated/α-hetero) is 1. The molecule has 0 radical (unpaired) electrons. The third-order valence-electron chi connectivity index (χ3n) is 4.38. The molecule has 0 aliphatic heterocycles. The van der Waals surface area contributed by atoms with Gasteiger partial charge in [-0.25, -0.2) is 18.1 Å². The van der Waals surface area contributed by atoms with Crippen molar-refractivity contribution in [3.8, 4) is 5.69 Å². The van der Waals surface area contributed by atoms with Crippen molar-refractivity contribution in [2.45, 2.75) is 31.1 Å². The van der Waals surface area contributed by atoms with Gasteiger partial charge in [0.1, 0.15) is 0 Å². The largest absolute Gasteiger partial charge is 0.297 e. The number of nitrogens with one attached hydrogen (secondary N) is 1. The standard InChI is InChI=1S/C21H23N3O3S/c1-17-10-12-19(13-11-17)28(26,27)23-14-6-5-9-20(25)21-22-15-16-24(21)18-7-3-2-4-8-18/h2-4,7-8,10-13,15-16,23H,5-6,9,14H2,1H3. The van der Waals surface area contributed by atoms with Crippen molar-refractivity contribution in [2.75, 3.05) is 6.54 Å². The minimum atomic E-state index is -3.52. The van der Waals surface area contributed by atoms with Gasteiger partial charge in [-0.15, -0.1) is 0 Å². The van der Waals surface area contributed by atoms with Gasteiger partial charge in [0, 0.05) is 31.0 Å². The van der Waals surface area contributed by atoms with Crippen molar-refractivity contribution in [2.24, 2.45) is 0 Å². The summed E-state index contributed by atoms with van der Waals surface area (Å²) < 4.78 is 28.8. The first-order valence-corrected chi connectivity index (χ1v) is 10.6. The summed E-state index contributed by atoms with van der Waals surface area (Å²) >= 11 is 0. The lowest BCUT2D eigenvalue weighted by molar-refractivity contribution is 0.0968. The zero-order chi connectivity index (χ0) is 20.0. The number of ketones is 1. The topological polar surface area (TPSA) is 81.1 Å². The van der Waals surface area contributed by atoms with E-state index in [9.17, 15) is 13.2 Å². The maximum absolute atomic E-state index is 12.5. The van der Waals surface area contributed by atoms with Crippen molar-refractivity contribution < 1.29 is 13.2 Å². The maximum Gasteiger partial charge on any atom is 0.240 e. The lowest BCUT2D eigenvalue weighted by Gasteiger charge is -2.08. The number of nitrogens with zero attached hydrogens (tertiary/aromatic N) is 2. The summed E-state index contributed by atoms with van der Waals surface area (Å²) in [4.78, 5) is 16.9. The number of aromatic nitrogens is 2. The summed E-state index contributed by atoms with van der Waals surface area (Å²) in [6.07, 6.45) is 4.84. The first kappa shape index (κ1) is 20.0. The highest BCUT2D eigenvalue weighted by molar-refractivity contribution is 7.89. The second-order valence-corrected chi connectivity index (χ2v) is 8.31. The van der Waals surface area contributed by atoms with Gasteiger partial charge >= 0.3 is 0 Å². The van der Waals surface area contributed by atoms with Gasteiger partial charge < -0.3 is 0 Å². The van der Waals surface area contributed by atoms with Crippen LogP contribution in [0.15, 0.2) is 71.9 Å². The Morgan fingerprint density at radius 1 is 1.04 bits per heavy atom. The molecule has 7 heteroatoms. The molecule has 6 nitrogen and oxygen atoms in total. The summed E-state index contributed by atoms with van der Waals surface area (Å²) in [6.45, 7) is 2.19. The Labute approximate surface area is 165 Å². The Kier molecular flexibility index (Phi) is 6.38. The highest BCUT2D eigenvalue weighted by Crippen LogP contribution is 2.13. The van der Waals surface area contributed by atoms with E-state index in [1.54, 1.807) is 41.2 Å². The van der Waals surface area contributed by atoms with Crippen LogP contribution in [-0.4, -0.2) is 30.3 Å². The third-order valence-corrected chi connectivity index (χ3v) is 5.86. The van der Waals surface area contributed by atoms with Crippen molar-refractivity contribution in [3.05, 3.63) is 78.4 Å². The summed E-state index contributed by atoms with van der Waals surface area (Å²) in [6, 6.07) is 16.3. The molecule has 2 aromatic carbocycles. The van der Waals surface area contributed by atoms with Gasteiger partial charge in [0.2, 0.25) is 10.0 Å². The minimum Gasteiger partial charge on any atom is -0.297 e. The summed E-state index contributed by atoms with van der Waals surface area (Å²) in [5.41, 5.74) is 1.89. The first-order chi connectivity index (χ1) is 13.5. The van der Waals surface area contributed by atoms with Gasteiger partial charge in [-0.3, -0.25) is 9.36 Å². The molecule has 0 bridgehead atoms. The Morgan fingerprint density at radius 2 is 1.75 bits per heavy atom. The predicted molar refractivity (Wildman–Crippen MR) is 108 cm³/mol. The van der Waals surface area contributed by atoms with Crippen LogP contribution in [0.3, 0.4) is 0 Å². The van der Waals surface area contributed by atoms with E-state index in [0.29, 0.717) is 25.1 Å². The Hall–Kier alpha value is -2.77. The fraction of sp³-hybridized carbons (Fsp3) is 0.238. The number of sulfonamides is 1. The Morgan fingerprint density at radius 3 is 2.46 bits per heavy atom. The predicted octanol–water partition coefficient (Wildman–Crippen LogP) is 3.51. The fourth-order valence-corrected chi connectivity index (χ4v) is 3.91. The Balaban J connectivity index is 1.49. The molecule has 1 N–H and O–H groups in total. The molecule has 0 aliphatic rings. The third kappa shape index (κ3) is 4.94. The molecule has 0 atom stereocenters. The molecule has 1 heterocycles. The molecular formula is C21H23N3O3S. The monoisotopic (exact) mass is 397 g/mol. The molecule has 0 amide bonds. The number of hydrogen-bond donors (Lipinski definition) is 1. The van der Waals surface area contributed by atoms with E-state index in [0.717, 1.165) is 11.3 Å². The molecule has 28 heavy (non-hydrogen) atoms. The van der Waals surface area contributed by atoms with Gasteiger partial charge in [-0.05, 0) is 44.0 Å². The van der Waals surface area contributed by atoms with Gasteiger partial charge in [0.25, 0.3) is 0 Å². The zero-order valence-electron chi connectivity index (χ0n) is 15.7. The number of carbonyl (C=O) groups excluding carboxylic acids is 1. The van der Waals surface area contributed by atoms with Crippen LogP contribution in [0.2, 0.25) is 0 Å². The van der Waals surface area contributed by atoms with E-state index in [4.69, 9.17) is 0 Å². The molecule has 3 rings (SSSR count). The van der Waals surface area contributed by atoms with Gasteiger partial charge in [0.05, 0.1) is 4.90 Å². The van der Waals surface area contributed by atoms with Crippen LogP contribution in [0.1, 0.15) is 35.4 Å². The zero-order valence-corrected chi connectivity index (χ0v) is 16.5. The number of rotatable bonds is 9. The number of benzene rings is 2. The fourth-order valence-electron chi connectivity index (χ4n) is 2.84. The maximum atomic E-state index is 12.5. The van der Waals surface area contributed by atoms with Crippen molar-refractivity contribution in [1.29, 1.82) is 0 Å². The van der Waals surface area contributed by atoms with E-state index in [1.807, 2.05) is 37.3 Å². The summed E-state index contributed by atoms with van der Waals surface area (Å²) in [5.74, 6) is 0.335. The number of unbranched alkanes of at least 4 members (excludes halogenated alkanes) is 1. The van der Waals surface area contributed by atoms with Crippen LogP contribution in [-0.2, 0) is 10.0 Å². The van der Waals surface area contributed by atoms with E-state index in [1.165, 1.54) is 0 Å². The van der Waals surface area contributed by atoms with Crippen molar-refractivity contribution >= 4 is 15.8 Å². The molecule has 0 aliphatic carbocycles. The number of imidazole rings is 1. The summed E-state index contributed by atoms with van der Waals surface area (Å²) in [7, 11) is -3.52. The van der Waals surface area contributed by atoms with E-state index in [2.05, 4.69) is 9.71 Å². The molecule has 3 aromatic rings. The van der Waals surface area contributed by atoms with Gasteiger partial charge in [-0.1, -0.05) is 35.9 Å². The number of para-hydroxylation sites is 1. The minimum absolute atomic E-state index is 0.0600. The van der Waals surface area contributed by atoms with Crippen LogP contribution in [0.25, 0.3) is 5.69 Å². The van der Waals surface area contributed by atoms with Crippen LogP contribution in [0.5, 0.6) is 0 Å². The molecule has 0 spiro atoms. The van der Waals surface area contributed by atoms with Crippen LogP contribution < -0.4 is 4.72 Å².